The highest BCUT2D eigenvalue weighted by Gasteiger charge is 2.29. The molecule has 114 valence electrons. The summed E-state index contributed by atoms with van der Waals surface area (Å²) in [7, 11) is 0. The predicted octanol–water partition coefficient (Wildman–Crippen LogP) is 2.21. The number of carbonyl (C=O) groups excluding carboxylic acids is 1. The molecule has 2 amide bonds. The van der Waals surface area contributed by atoms with Crippen molar-refractivity contribution in [2.24, 2.45) is 5.73 Å². The average Bonchev–Trinajstić information content (AvgIpc) is 2.95. The maximum Gasteiger partial charge on any atom is 0.338 e. The van der Waals surface area contributed by atoms with E-state index in [2.05, 4.69) is 31.5 Å². The van der Waals surface area contributed by atoms with Crippen LogP contribution in [-0.4, -0.2) is 28.4 Å². The molecule has 1 aromatic carbocycles. The van der Waals surface area contributed by atoms with E-state index >= 15 is 0 Å². The summed E-state index contributed by atoms with van der Waals surface area (Å²) in [6.45, 7) is 5.93. The first-order valence-corrected chi connectivity index (χ1v) is 6.91. The second-order valence-corrected chi connectivity index (χ2v) is 5.46. The van der Waals surface area contributed by atoms with Crippen molar-refractivity contribution in [3.63, 3.8) is 0 Å². The maximum atomic E-state index is 11.0. The van der Waals surface area contributed by atoms with E-state index in [-0.39, 0.29) is 0 Å². The van der Waals surface area contributed by atoms with Gasteiger partial charge in [-0.3, -0.25) is 15.5 Å². The number of hydroxylamine groups is 3. The number of primary amides is 1. The Labute approximate surface area is 124 Å². The van der Waals surface area contributed by atoms with E-state index in [1.165, 1.54) is 5.56 Å². The number of hydrogen-bond acceptors (Lipinski definition) is 4. The lowest BCUT2D eigenvalue weighted by atomic mass is 10.0. The van der Waals surface area contributed by atoms with Crippen LogP contribution >= 0.6 is 0 Å². The summed E-state index contributed by atoms with van der Waals surface area (Å²) in [4.78, 5) is 16.3. The van der Waals surface area contributed by atoms with Crippen LogP contribution < -0.4 is 11.2 Å². The Morgan fingerprint density at radius 1 is 1.33 bits per heavy atom. The molecule has 0 saturated carbocycles. The predicted molar refractivity (Wildman–Crippen MR) is 79.2 cm³/mol. The van der Waals surface area contributed by atoms with Gasteiger partial charge in [-0.1, -0.05) is 38.1 Å². The van der Waals surface area contributed by atoms with Gasteiger partial charge >= 0.3 is 6.03 Å². The smallest absolute Gasteiger partial charge is 0.338 e. The zero-order valence-electron chi connectivity index (χ0n) is 12.4. The van der Waals surface area contributed by atoms with Gasteiger partial charge in [-0.15, -0.1) is 0 Å². The van der Waals surface area contributed by atoms with Crippen molar-refractivity contribution in [3.8, 4) is 0 Å². The van der Waals surface area contributed by atoms with Gasteiger partial charge < -0.3 is 5.73 Å². The summed E-state index contributed by atoms with van der Waals surface area (Å²) in [6.07, 6.45) is 1.35. The zero-order chi connectivity index (χ0) is 15.6. The minimum absolute atomic E-state index is 0.466. The van der Waals surface area contributed by atoms with Gasteiger partial charge in [-0.05, 0) is 30.0 Å². The van der Waals surface area contributed by atoms with Crippen LogP contribution in [0.1, 0.15) is 37.8 Å². The lowest BCUT2D eigenvalue weighted by Gasteiger charge is -2.23. The van der Waals surface area contributed by atoms with E-state index < -0.39 is 18.2 Å². The van der Waals surface area contributed by atoms with Crippen molar-refractivity contribution >= 4 is 11.7 Å². The van der Waals surface area contributed by atoms with Gasteiger partial charge in [-0.2, -0.15) is 0 Å². The first kappa shape index (κ1) is 15.3. The number of nitrogens with one attached hydrogen (secondary N) is 1. The summed E-state index contributed by atoms with van der Waals surface area (Å²) < 4.78 is 0. The standard InChI is InChI=1S/C15H21N3O3/c1-9(2)11-4-6-12(7-5-11)13-8-14(21-17-13)10(3)18(20)15(16)19/h4-10,14,17,20H,1-3H3,(H2,16,19). The van der Waals surface area contributed by atoms with E-state index in [0.717, 1.165) is 11.3 Å². The molecule has 2 rings (SSSR count). The minimum Gasteiger partial charge on any atom is -0.350 e. The van der Waals surface area contributed by atoms with E-state index in [9.17, 15) is 10.0 Å². The molecule has 21 heavy (non-hydrogen) atoms. The Hall–Kier alpha value is -2.05. The van der Waals surface area contributed by atoms with Crippen molar-refractivity contribution in [1.82, 2.24) is 10.5 Å². The number of nitrogens with two attached hydrogens (primary N) is 1. The third-order valence-corrected chi connectivity index (χ3v) is 3.61. The lowest BCUT2D eigenvalue weighted by Crippen LogP contribution is -2.45. The Morgan fingerprint density at radius 2 is 1.95 bits per heavy atom. The summed E-state index contributed by atoms with van der Waals surface area (Å²) in [6, 6.07) is 6.67. The molecule has 1 aliphatic rings. The van der Waals surface area contributed by atoms with E-state index in [4.69, 9.17) is 10.6 Å². The number of nitrogens with zero attached hydrogens (tertiary/aromatic N) is 1. The summed E-state index contributed by atoms with van der Waals surface area (Å²) >= 11 is 0. The molecule has 1 aliphatic heterocycles. The Kier molecular flexibility index (Phi) is 4.50. The van der Waals surface area contributed by atoms with Crippen LogP contribution in [0.2, 0.25) is 0 Å². The molecule has 0 fully saturated rings. The fourth-order valence-electron chi connectivity index (χ4n) is 2.14. The summed E-state index contributed by atoms with van der Waals surface area (Å²) in [5.74, 6) is 0.479. The third-order valence-electron chi connectivity index (χ3n) is 3.61. The number of rotatable bonds is 4. The van der Waals surface area contributed by atoms with E-state index in [1.807, 2.05) is 18.2 Å². The van der Waals surface area contributed by atoms with Gasteiger partial charge in [-0.25, -0.2) is 9.86 Å². The van der Waals surface area contributed by atoms with Gasteiger partial charge in [0.25, 0.3) is 0 Å². The number of benzene rings is 1. The number of amides is 2. The highest BCUT2D eigenvalue weighted by atomic mass is 16.7. The van der Waals surface area contributed by atoms with Gasteiger partial charge in [0.2, 0.25) is 0 Å². The van der Waals surface area contributed by atoms with Crippen LogP contribution in [0.25, 0.3) is 5.70 Å². The Bertz CT molecular complexity index is 540. The van der Waals surface area contributed by atoms with Crippen molar-refractivity contribution in [2.75, 3.05) is 0 Å². The molecular weight excluding hydrogens is 270 g/mol. The molecule has 6 heteroatoms. The molecule has 0 spiro atoms. The quantitative estimate of drug-likeness (QED) is 0.586. The van der Waals surface area contributed by atoms with Crippen molar-refractivity contribution in [3.05, 3.63) is 41.5 Å². The molecule has 0 aromatic heterocycles. The highest BCUT2D eigenvalue weighted by Crippen LogP contribution is 2.23. The highest BCUT2D eigenvalue weighted by molar-refractivity contribution is 5.71. The van der Waals surface area contributed by atoms with Crippen LogP contribution in [0, 0.1) is 0 Å². The lowest BCUT2D eigenvalue weighted by molar-refractivity contribution is -0.111. The van der Waals surface area contributed by atoms with Crippen LogP contribution in [-0.2, 0) is 4.84 Å². The second kappa shape index (κ2) is 6.15. The molecule has 0 saturated heterocycles. The molecule has 0 radical (unpaired) electrons. The normalized spacial score (nSPS) is 19.1. The zero-order valence-corrected chi connectivity index (χ0v) is 12.4. The summed E-state index contributed by atoms with van der Waals surface area (Å²) in [5.41, 5.74) is 10.9. The third kappa shape index (κ3) is 3.34. The SMILES string of the molecule is CC(C)c1ccc(C2=CC(C(C)N(O)C(N)=O)ON2)cc1. The first-order chi connectivity index (χ1) is 9.90. The fourth-order valence-corrected chi connectivity index (χ4v) is 2.14. The van der Waals surface area contributed by atoms with Crippen molar-refractivity contribution in [2.45, 2.75) is 38.8 Å². The molecule has 0 bridgehead atoms. The van der Waals surface area contributed by atoms with Gasteiger partial charge in [0.15, 0.2) is 0 Å². The second-order valence-electron chi connectivity index (χ2n) is 5.46. The van der Waals surface area contributed by atoms with Gasteiger partial charge in [0, 0.05) is 0 Å². The van der Waals surface area contributed by atoms with Crippen molar-refractivity contribution < 1.29 is 14.8 Å². The monoisotopic (exact) mass is 291 g/mol. The molecule has 4 N–H and O–H groups in total. The van der Waals surface area contributed by atoms with E-state index in [1.54, 1.807) is 6.92 Å². The molecule has 2 atom stereocenters. The van der Waals surface area contributed by atoms with Crippen LogP contribution in [0.5, 0.6) is 0 Å². The molecule has 1 aromatic rings. The van der Waals surface area contributed by atoms with Crippen LogP contribution in [0.4, 0.5) is 4.79 Å². The van der Waals surface area contributed by atoms with Gasteiger partial charge in [0.1, 0.15) is 6.10 Å². The van der Waals surface area contributed by atoms with Gasteiger partial charge in [0.05, 0.1) is 11.7 Å². The Balaban J connectivity index is 2.12. The topological polar surface area (TPSA) is 87.8 Å². The molecular formula is C15H21N3O3. The molecule has 0 aliphatic carbocycles. The average molecular weight is 291 g/mol. The molecule has 1 heterocycles. The number of hydrogen-bond donors (Lipinski definition) is 3. The fraction of sp³-hybridized carbons (Fsp3) is 0.400. The molecule has 2 unspecified atom stereocenters. The number of urea groups is 1. The summed E-state index contributed by atoms with van der Waals surface area (Å²) in [5, 5.41) is 10.00. The van der Waals surface area contributed by atoms with Crippen molar-refractivity contribution in [1.29, 1.82) is 0 Å². The minimum atomic E-state index is -0.908. The van der Waals surface area contributed by atoms with Crippen LogP contribution in [0.3, 0.4) is 0 Å². The number of carbonyl (C=O) groups is 1. The molecule has 6 nitrogen and oxygen atoms in total. The largest absolute Gasteiger partial charge is 0.350 e. The van der Waals surface area contributed by atoms with Crippen LogP contribution in [0.15, 0.2) is 30.3 Å². The first-order valence-electron chi connectivity index (χ1n) is 6.91. The van der Waals surface area contributed by atoms with E-state index in [0.29, 0.717) is 11.0 Å². The Morgan fingerprint density at radius 3 is 2.48 bits per heavy atom. The maximum absolute atomic E-state index is 11.0.